The molecule has 210 valence electrons. The maximum atomic E-state index is 11.4. The number of hydrogen-bond acceptors (Lipinski definition) is 2. The maximum Gasteiger partial charge on any atom is 0.305 e. The van der Waals surface area contributed by atoms with Crippen LogP contribution in [0.4, 0.5) is 0 Å². The lowest BCUT2D eigenvalue weighted by atomic mass is 10.0. The fourth-order valence-corrected chi connectivity index (χ4v) is 5.05. The Morgan fingerprint density at radius 2 is 0.629 bits per heavy atom. The summed E-state index contributed by atoms with van der Waals surface area (Å²) in [6, 6.07) is 0. The predicted molar refractivity (Wildman–Crippen MR) is 156 cm³/mol. The monoisotopic (exact) mass is 495 g/mol. The predicted octanol–water partition coefficient (Wildman–Crippen LogP) is 11.9. The normalized spacial score (nSPS) is 11.3. The number of carbonyl (C=O) groups excluding carboxylic acids is 1. The molecule has 0 heterocycles. The minimum Gasteiger partial charge on any atom is -0.466 e. The first-order chi connectivity index (χ1) is 17.3. The Morgan fingerprint density at radius 1 is 0.371 bits per heavy atom. The van der Waals surface area contributed by atoms with Crippen LogP contribution < -0.4 is 0 Å². The molecule has 0 aromatic heterocycles. The van der Waals surface area contributed by atoms with Gasteiger partial charge in [-0.3, -0.25) is 4.79 Å². The Balaban J connectivity index is 3.05. The lowest BCUT2D eigenvalue weighted by Crippen LogP contribution is -2.04. The second kappa shape index (κ2) is 31.5. The molecule has 2 nitrogen and oxygen atoms in total. The van der Waals surface area contributed by atoms with E-state index in [0.717, 1.165) is 12.8 Å². The van der Waals surface area contributed by atoms with Crippen LogP contribution >= 0.6 is 0 Å². The van der Waals surface area contributed by atoms with Gasteiger partial charge < -0.3 is 4.74 Å². The standard InChI is InChI=1S/C33H66O2/c1-3-5-6-7-8-9-10-11-12-13-14-15-16-17-18-19-20-21-22-23-24-25-26-27-28-29-30-31-33(34)35-32-4-2/h3-32H2,1-2H3. The van der Waals surface area contributed by atoms with E-state index in [2.05, 4.69) is 6.92 Å². The zero-order chi connectivity index (χ0) is 25.5. The minimum absolute atomic E-state index is 0.00793. The van der Waals surface area contributed by atoms with Gasteiger partial charge in [0.25, 0.3) is 0 Å². The van der Waals surface area contributed by atoms with E-state index in [4.69, 9.17) is 4.74 Å². The molecule has 0 amide bonds. The van der Waals surface area contributed by atoms with Crippen molar-refractivity contribution in [1.82, 2.24) is 0 Å². The number of esters is 1. The topological polar surface area (TPSA) is 26.3 Å². The average molecular weight is 495 g/mol. The molecule has 0 aromatic rings. The third kappa shape index (κ3) is 31.4. The summed E-state index contributed by atoms with van der Waals surface area (Å²) in [4.78, 5) is 11.4. The molecule has 35 heavy (non-hydrogen) atoms. The highest BCUT2D eigenvalue weighted by atomic mass is 16.5. The van der Waals surface area contributed by atoms with Gasteiger partial charge in [0.1, 0.15) is 0 Å². The fraction of sp³-hybridized carbons (Fsp3) is 0.970. The van der Waals surface area contributed by atoms with Gasteiger partial charge in [-0.15, -0.1) is 0 Å². The summed E-state index contributed by atoms with van der Waals surface area (Å²) in [5, 5.41) is 0. The molecule has 0 aliphatic heterocycles. The largest absolute Gasteiger partial charge is 0.466 e. The van der Waals surface area contributed by atoms with E-state index in [1.165, 1.54) is 167 Å². The van der Waals surface area contributed by atoms with Crippen molar-refractivity contribution in [2.45, 2.75) is 200 Å². The minimum atomic E-state index is -0.00793. The molecule has 0 fully saturated rings. The van der Waals surface area contributed by atoms with Gasteiger partial charge >= 0.3 is 5.97 Å². The van der Waals surface area contributed by atoms with Gasteiger partial charge in [0.15, 0.2) is 0 Å². The zero-order valence-corrected chi connectivity index (χ0v) is 24.5. The molecule has 0 atom stereocenters. The summed E-state index contributed by atoms with van der Waals surface area (Å²) in [5.41, 5.74) is 0. The van der Waals surface area contributed by atoms with Gasteiger partial charge in [-0.25, -0.2) is 0 Å². The van der Waals surface area contributed by atoms with E-state index in [-0.39, 0.29) is 5.97 Å². The van der Waals surface area contributed by atoms with Crippen LogP contribution in [0.1, 0.15) is 200 Å². The molecule has 0 bridgehead atoms. The lowest BCUT2D eigenvalue weighted by Gasteiger charge is -2.05. The maximum absolute atomic E-state index is 11.4. The van der Waals surface area contributed by atoms with E-state index in [9.17, 15) is 4.79 Å². The molecule has 0 radical (unpaired) electrons. The van der Waals surface area contributed by atoms with Crippen LogP contribution in [-0.2, 0) is 9.53 Å². The molecule has 0 rings (SSSR count). The van der Waals surface area contributed by atoms with Gasteiger partial charge in [0.2, 0.25) is 0 Å². The van der Waals surface area contributed by atoms with Crippen LogP contribution in [0.25, 0.3) is 0 Å². The van der Waals surface area contributed by atoms with E-state index < -0.39 is 0 Å². The van der Waals surface area contributed by atoms with Crippen LogP contribution in [0, 0.1) is 0 Å². The second-order valence-electron chi connectivity index (χ2n) is 11.2. The third-order valence-corrected chi connectivity index (χ3v) is 7.45. The molecule has 0 saturated heterocycles. The highest BCUT2D eigenvalue weighted by Crippen LogP contribution is 2.16. The quantitative estimate of drug-likeness (QED) is 0.0732. The Hall–Kier alpha value is -0.530. The molecule has 0 aliphatic carbocycles. The van der Waals surface area contributed by atoms with E-state index in [1.54, 1.807) is 0 Å². The average Bonchev–Trinajstić information content (AvgIpc) is 2.87. The van der Waals surface area contributed by atoms with Crippen LogP contribution in [0.2, 0.25) is 0 Å². The molecule has 0 aliphatic rings. The molecular formula is C33H66O2. The molecule has 2 heteroatoms. The van der Waals surface area contributed by atoms with Crippen molar-refractivity contribution in [3.8, 4) is 0 Å². The Kier molecular flexibility index (Phi) is 31.0. The first-order valence-electron chi connectivity index (χ1n) is 16.5. The summed E-state index contributed by atoms with van der Waals surface area (Å²) < 4.78 is 5.11. The number of rotatable bonds is 30. The highest BCUT2D eigenvalue weighted by molar-refractivity contribution is 5.69. The van der Waals surface area contributed by atoms with Crippen molar-refractivity contribution < 1.29 is 9.53 Å². The lowest BCUT2D eigenvalue weighted by molar-refractivity contribution is -0.143. The van der Waals surface area contributed by atoms with E-state index >= 15 is 0 Å². The smallest absolute Gasteiger partial charge is 0.305 e. The molecule has 0 unspecified atom stereocenters. The summed E-state index contributed by atoms with van der Waals surface area (Å²) >= 11 is 0. The van der Waals surface area contributed by atoms with E-state index in [0.29, 0.717) is 13.0 Å². The number of carbonyl (C=O) groups is 1. The highest BCUT2D eigenvalue weighted by Gasteiger charge is 2.01. The Bertz CT molecular complexity index is 393. The number of hydrogen-bond donors (Lipinski definition) is 0. The molecular weight excluding hydrogens is 428 g/mol. The van der Waals surface area contributed by atoms with E-state index in [1.807, 2.05) is 6.92 Å². The SMILES string of the molecule is CCCCCCCCCCCCCCCCCCCCCCCCCCCCCC(=O)OCCC. The van der Waals surface area contributed by atoms with Gasteiger partial charge in [-0.1, -0.05) is 181 Å². The summed E-state index contributed by atoms with van der Waals surface area (Å²) in [6.07, 6.45) is 39.7. The van der Waals surface area contributed by atoms with Crippen LogP contribution in [-0.4, -0.2) is 12.6 Å². The van der Waals surface area contributed by atoms with Crippen molar-refractivity contribution >= 4 is 5.97 Å². The van der Waals surface area contributed by atoms with Crippen LogP contribution in [0.5, 0.6) is 0 Å². The second-order valence-corrected chi connectivity index (χ2v) is 11.2. The van der Waals surface area contributed by atoms with Crippen molar-refractivity contribution in [3.63, 3.8) is 0 Å². The molecule has 0 N–H and O–H groups in total. The van der Waals surface area contributed by atoms with Crippen LogP contribution in [0.15, 0.2) is 0 Å². The van der Waals surface area contributed by atoms with Gasteiger partial charge in [-0.2, -0.15) is 0 Å². The zero-order valence-electron chi connectivity index (χ0n) is 24.5. The third-order valence-electron chi connectivity index (χ3n) is 7.45. The first-order valence-corrected chi connectivity index (χ1v) is 16.5. The van der Waals surface area contributed by atoms with Gasteiger partial charge in [-0.05, 0) is 12.8 Å². The summed E-state index contributed by atoms with van der Waals surface area (Å²) in [5.74, 6) is -0.00793. The van der Waals surface area contributed by atoms with Crippen molar-refractivity contribution in [2.75, 3.05) is 6.61 Å². The van der Waals surface area contributed by atoms with Gasteiger partial charge in [0.05, 0.1) is 6.61 Å². The van der Waals surface area contributed by atoms with Crippen LogP contribution in [0.3, 0.4) is 0 Å². The number of ether oxygens (including phenoxy) is 1. The van der Waals surface area contributed by atoms with Gasteiger partial charge in [0, 0.05) is 6.42 Å². The van der Waals surface area contributed by atoms with Crippen molar-refractivity contribution in [3.05, 3.63) is 0 Å². The molecule has 0 saturated carbocycles. The van der Waals surface area contributed by atoms with Crippen molar-refractivity contribution in [1.29, 1.82) is 0 Å². The first kappa shape index (κ1) is 34.5. The number of unbranched alkanes of at least 4 members (excludes halogenated alkanes) is 26. The Labute approximate surface area is 222 Å². The summed E-state index contributed by atoms with van der Waals surface area (Å²) in [6.45, 7) is 4.92. The molecule has 0 spiro atoms. The summed E-state index contributed by atoms with van der Waals surface area (Å²) in [7, 11) is 0. The molecule has 0 aromatic carbocycles. The van der Waals surface area contributed by atoms with Crippen molar-refractivity contribution in [2.24, 2.45) is 0 Å². The Morgan fingerprint density at radius 3 is 0.886 bits per heavy atom. The fourth-order valence-electron chi connectivity index (χ4n) is 5.05.